The Hall–Kier alpha value is -2.82. The summed E-state index contributed by atoms with van der Waals surface area (Å²) in [6.45, 7) is 8.57. The fourth-order valence-corrected chi connectivity index (χ4v) is 3.41. The summed E-state index contributed by atoms with van der Waals surface area (Å²) in [6.07, 6.45) is 0.579. The van der Waals surface area contributed by atoms with Crippen LogP contribution in [0.1, 0.15) is 35.6 Å². The minimum Gasteiger partial charge on any atom is -0.494 e. The quantitative estimate of drug-likeness (QED) is 0.624. The van der Waals surface area contributed by atoms with Gasteiger partial charge < -0.3 is 10.1 Å². The molecule has 0 radical (unpaired) electrons. The molecule has 1 N–H and O–H groups in total. The van der Waals surface area contributed by atoms with Crippen LogP contribution in [0.25, 0.3) is 0 Å². The van der Waals surface area contributed by atoms with Gasteiger partial charge in [-0.25, -0.2) is 4.79 Å². The Kier molecular flexibility index (Phi) is 5.22. The van der Waals surface area contributed by atoms with Crippen molar-refractivity contribution < 1.29 is 14.3 Å². The van der Waals surface area contributed by atoms with E-state index in [2.05, 4.69) is 11.4 Å². The van der Waals surface area contributed by atoms with Crippen LogP contribution in [0.5, 0.6) is 5.75 Å². The topological polar surface area (TPSA) is 58.6 Å². The van der Waals surface area contributed by atoms with Crippen LogP contribution in [0.3, 0.4) is 0 Å². The normalized spacial score (nSPS) is 19.3. The van der Waals surface area contributed by atoms with Crippen LogP contribution in [-0.2, 0) is 10.3 Å². The lowest BCUT2D eigenvalue weighted by Crippen LogP contribution is -2.41. The molecule has 1 aliphatic heterocycles. The monoisotopic (exact) mass is 366 g/mol. The van der Waals surface area contributed by atoms with Crippen molar-refractivity contribution in [1.82, 2.24) is 10.2 Å². The molecule has 5 nitrogen and oxygen atoms in total. The van der Waals surface area contributed by atoms with Gasteiger partial charge in [0.25, 0.3) is 5.91 Å². The van der Waals surface area contributed by atoms with E-state index in [0.29, 0.717) is 19.6 Å². The standard InChI is InChI=1S/C22H26N2O3/c1-15-6-8-18(9-7-15)22(4)20(25)24(21(26)23-22)10-5-11-27-19-13-16(2)12-17(3)14-19/h6-9,12-14H,5,10-11H2,1-4H3,(H,23,26)/t22-/m0/s1. The zero-order valence-corrected chi connectivity index (χ0v) is 16.3. The van der Waals surface area contributed by atoms with Crippen molar-refractivity contribution in [1.29, 1.82) is 0 Å². The van der Waals surface area contributed by atoms with Gasteiger partial charge in [0, 0.05) is 6.54 Å². The molecule has 1 heterocycles. The summed E-state index contributed by atoms with van der Waals surface area (Å²) in [4.78, 5) is 26.5. The van der Waals surface area contributed by atoms with E-state index in [-0.39, 0.29) is 11.9 Å². The van der Waals surface area contributed by atoms with Gasteiger partial charge in [0.15, 0.2) is 0 Å². The summed E-state index contributed by atoms with van der Waals surface area (Å²) in [6, 6.07) is 13.4. The van der Waals surface area contributed by atoms with Crippen LogP contribution in [-0.4, -0.2) is 30.0 Å². The predicted octanol–water partition coefficient (Wildman–Crippen LogP) is 3.85. The molecule has 0 aromatic heterocycles. The lowest BCUT2D eigenvalue weighted by molar-refractivity contribution is -0.131. The van der Waals surface area contributed by atoms with E-state index in [1.54, 1.807) is 6.92 Å². The van der Waals surface area contributed by atoms with E-state index >= 15 is 0 Å². The number of hydrogen-bond acceptors (Lipinski definition) is 3. The number of hydrogen-bond donors (Lipinski definition) is 1. The van der Waals surface area contributed by atoms with Gasteiger partial charge in [0.2, 0.25) is 0 Å². The number of ether oxygens (including phenoxy) is 1. The fraction of sp³-hybridized carbons (Fsp3) is 0.364. The summed E-state index contributed by atoms with van der Waals surface area (Å²) in [7, 11) is 0. The minimum atomic E-state index is -1.01. The zero-order chi connectivity index (χ0) is 19.6. The average molecular weight is 366 g/mol. The Morgan fingerprint density at radius 2 is 1.59 bits per heavy atom. The molecule has 0 spiro atoms. The minimum absolute atomic E-state index is 0.220. The molecule has 2 aromatic rings. The number of nitrogens with zero attached hydrogens (tertiary/aromatic N) is 1. The Morgan fingerprint density at radius 1 is 0.963 bits per heavy atom. The van der Waals surface area contributed by atoms with Crippen molar-refractivity contribution in [2.75, 3.05) is 13.2 Å². The highest BCUT2D eigenvalue weighted by Crippen LogP contribution is 2.29. The number of nitrogens with one attached hydrogen (secondary N) is 1. The molecule has 0 aliphatic carbocycles. The maximum absolute atomic E-state index is 12.9. The third-order valence-corrected chi connectivity index (χ3v) is 4.89. The number of imide groups is 1. The van der Waals surface area contributed by atoms with E-state index in [4.69, 9.17) is 4.74 Å². The van der Waals surface area contributed by atoms with Crippen LogP contribution in [0.2, 0.25) is 0 Å². The van der Waals surface area contributed by atoms with Gasteiger partial charge in [-0.05, 0) is 62.9 Å². The SMILES string of the molecule is Cc1ccc([C@]2(C)NC(=O)N(CCCOc3cc(C)cc(C)c3)C2=O)cc1. The molecule has 1 saturated heterocycles. The van der Waals surface area contributed by atoms with Gasteiger partial charge >= 0.3 is 6.03 Å². The number of urea groups is 1. The van der Waals surface area contributed by atoms with Gasteiger partial charge in [-0.3, -0.25) is 9.69 Å². The highest BCUT2D eigenvalue weighted by molar-refractivity contribution is 6.07. The zero-order valence-electron chi connectivity index (χ0n) is 16.3. The highest BCUT2D eigenvalue weighted by Gasteiger charge is 2.48. The molecule has 5 heteroatoms. The van der Waals surface area contributed by atoms with Crippen LogP contribution in [0, 0.1) is 20.8 Å². The van der Waals surface area contributed by atoms with Crippen LogP contribution >= 0.6 is 0 Å². The predicted molar refractivity (Wildman–Crippen MR) is 105 cm³/mol. The van der Waals surface area contributed by atoms with Crippen LogP contribution in [0.15, 0.2) is 42.5 Å². The molecular weight excluding hydrogens is 340 g/mol. The number of carbonyl (C=O) groups excluding carboxylic acids is 2. The van der Waals surface area contributed by atoms with Crippen molar-refractivity contribution in [3.63, 3.8) is 0 Å². The molecule has 0 unspecified atom stereocenters. The molecule has 0 bridgehead atoms. The van der Waals surface area contributed by atoms with Gasteiger partial charge in [0.05, 0.1) is 6.61 Å². The number of benzene rings is 2. The molecule has 1 fully saturated rings. The van der Waals surface area contributed by atoms with Gasteiger partial charge in [0.1, 0.15) is 11.3 Å². The Bertz CT molecular complexity index is 840. The van der Waals surface area contributed by atoms with E-state index < -0.39 is 5.54 Å². The molecule has 1 atom stereocenters. The first kappa shape index (κ1) is 19.0. The smallest absolute Gasteiger partial charge is 0.325 e. The van der Waals surface area contributed by atoms with Gasteiger partial charge in [-0.2, -0.15) is 0 Å². The Balaban J connectivity index is 1.60. The Labute approximate surface area is 160 Å². The van der Waals surface area contributed by atoms with Gasteiger partial charge in [-0.1, -0.05) is 35.9 Å². The second-order valence-corrected chi connectivity index (χ2v) is 7.40. The molecule has 3 rings (SSSR count). The summed E-state index contributed by atoms with van der Waals surface area (Å²) in [5, 5.41) is 2.84. The first-order valence-electron chi connectivity index (χ1n) is 9.22. The average Bonchev–Trinajstić information content (AvgIpc) is 2.82. The largest absolute Gasteiger partial charge is 0.494 e. The van der Waals surface area contributed by atoms with Crippen LogP contribution in [0.4, 0.5) is 4.79 Å². The second kappa shape index (κ2) is 7.43. The van der Waals surface area contributed by atoms with Crippen molar-refractivity contribution in [3.05, 3.63) is 64.7 Å². The maximum Gasteiger partial charge on any atom is 0.325 e. The fourth-order valence-electron chi connectivity index (χ4n) is 3.41. The third-order valence-electron chi connectivity index (χ3n) is 4.89. The van der Waals surface area contributed by atoms with Crippen molar-refractivity contribution in [2.24, 2.45) is 0 Å². The molecule has 27 heavy (non-hydrogen) atoms. The molecule has 142 valence electrons. The Morgan fingerprint density at radius 3 is 2.22 bits per heavy atom. The van der Waals surface area contributed by atoms with Crippen molar-refractivity contribution in [2.45, 2.75) is 39.7 Å². The van der Waals surface area contributed by atoms with Crippen molar-refractivity contribution >= 4 is 11.9 Å². The summed E-state index contributed by atoms with van der Waals surface area (Å²) in [5.41, 5.74) is 3.18. The highest BCUT2D eigenvalue weighted by atomic mass is 16.5. The molecule has 3 amide bonds. The molecule has 2 aromatic carbocycles. The third kappa shape index (κ3) is 3.97. The van der Waals surface area contributed by atoms with Gasteiger partial charge in [-0.15, -0.1) is 0 Å². The first-order valence-corrected chi connectivity index (χ1v) is 9.22. The lowest BCUT2D eigenvalue weighted by atomic mass is 9.91. The lowest BCUT2D eigenvalue weighted by Gasteiger charge is -2.22. The number of amides is 3. The maximum atomic E-state index is 12.9. The van der Waals surface area contributed by atoms with E-state index in [0.717, 1.165) is 28.0 Å². The molecule has 0 saturated carbocycles. The van der Waals surface area contributed by atoms with E-state index in [9.17, 15) is 9.59 Å². The summed E-state index contributed by atoms with van der Waals surface area (Å²) < 4.78 is 5.78. The first-order chi connectivity index (χ1) is 12.8. The second-order valence-electron chi connectivity index (χ2n) is 7.40. The van der Waals surface area contributed by atoms with Crippen molar-refractivity contribution in [3.8, 4) is 5.75 Å². The number of aryl methyl sites for hydroxylation is 3. The molecular formula is C22H26N2O3. The van der Waals surface area contributed by atoms with Crippen LogP contribution < -0.4 is 10.1 Å². The summed E-state index contributed by atoms with van der Waals surface area (Å²) >= 11 is 0. The number of carbonyl (C=O) groups is 2. The van der Waals surface area contributed by atoms with E-state index in [1.807, 2.05) is 57.2 Å². The van der Waals surface area contributed by atoms with E-state index in [1.165, 1.54) is 4.90 Å². The number of rotatable bonds is 6. The molecule has 1 aliphatic rings. The summed E-state index contributed by atoms with van der Waals surface area (Å²) in [5.74, 6) is 0.594.